The van der Waals surface area contributed by atoms with E-state index in [0.29, 0.717) is 11.4 Å². The molecule has 1 atom stereocenters. The van der Waals surface area contributed by atoms with E-state index in [1.54, 1.807) is 0 Å². The summed E-state index contributed by atoms with van der Waals surface area (Å²) in [5, 5.41) is 10.9. The molecule has 0 spiro atoms. The van der Waals surface area contributed by atoms with Crippen molar-refractivity contribution in [2.75, 3.05) is 7.05 Å². The van der Waals surface area contributed by atoms with Gasteiger partial charge >= 0.3 is 0 Å². The zero-order valence-corrected chi connectivity index (χ0v) is 8.44. The van der Waals surface area contributed by atoms with E-state index in [9.17, 15) is 0 Å². The second-order valence-corrected chi connectivity index (χ2v) is 3.48. The molecule has 0 saturated carbocycles. The lowest BCUT2D eigenvalue weighted by Crippen LogP contribution is -2.32. The zero-order valence-electron chi connectivity index (χ0n) is 8.44. The van der Waals surface area contributed by atoms with Gasteiger partial charge in [0.2, 0.25) is 0 Å². The number of nitriles is 1. The molecule has 1 aliphatic rings. The normalized spacial score (nSPS) is 21.2. The van der Waals surface area contributed by atoms with E-state index in [4.69, 9.17) is 11.0 Å². The van der Waals surface area contributed by atoms with E-state index in [0.717, 1.165) is 5.56 Å². The van der Waals surface area contributed by atoms with Gasteiger partial charge in [-0.15, -0.1) is 0 Å². The third kappa shape index (κ3) is 1.53. The minimum absolute atomic E-state index is 0.0869. The summed E-state index contributed by atoms with van der Waals surface area (Å²) in [6, 6.07) is 11.9. The highest BCUT2D eigenvalue weighted by Gasteiger charge is 2.30. The Labute approximate surface area is 88.6 Å². The molecule has 1 aliphatic heterocycles. The van der Waals surface area contributed by atoms with Crippen LogP contribution in [0.2, 0.25) is 0 Å². The SMILES string of the molecule is CN1NC(N)=C(C#N)C1c1ccccc1. The average molecular weight is 200 g/mol. The molecule has 0 aromatic heterocycles. The maximum absolute atomic E-state index is 9.03. The summed E-state index contributed by atoms with van der Waals surface area (Å²) in [4.78, 5) is 0. The highest BCUT2D eigenvalue weighted by Crippen LogP contribution is 2.30. The molecule has 4 heteroatoms. The third-order valence-electron chi connectivity index (χ3n) is 2.48. The number of nitrogens with two attached hydrogens (primary N) is 1. The van der Waals surface area contributed by atoms with Crippen molar-refractivity contribution in [3.63, 3.8) is 0 Å². The van der Waals surface area contributed by atoms with Crippen LogP contribution in [-0.4, -0.2) is 12.1 Å². The number of hydrogen-bond donors (Lipinski definition) is 2. The maximum atomic E-state index is 9.03. The standard InChI is InChI=1S/C11H12N4/c1-15-10(8-5-3-2-4-6-8)9(7-12)11(13)14-15/h2-6,10,14H,13H2,1H3. The molecule has 76 valence electrons. The predicted octanol–water partition coefficient (Wildman–Crippen LogP) is 0.872. The number of benzene rings is 1. The minimum atomic E-state index is -0.0869. The van der Waals surface area contributed by atoms with Crippen LogP contribution in [0.1, 0.15) is 11.6 Å². The molecular formula is C11H12N4. The molecule has 0 amide bonds. The Balaban J connectivity index is 2.42. The van der Waals surface area contributed by atoms with E-state index in [1.165, 1.54) is 0 Å². The van der Waals surface area contributed by atoms with E-state index >= 15 is 0 Å². The first-order valence-corrected chi connectivity index (χ1v) is 4.68. The minimum Gasteiger partial charge on any atom is -0.384 e. The summed E-state index contributed by atoms with van der Waals surface area (Å²) < 4.78 is 0. The van der Waals surface area contributed by atoms with Gasteiger partial charge in [0, 0.05) is 7.05 Å². The number of rotatable bonds is 1. The lowest BCUT2D eigenvalue weighted by Gasteiger charge is -2.20. The van der Waals surface area contributed by atoms with Crippen LogP contribution in [0.5, 0.6) is 0 Å². The van der Waals surface area contributed by atoms with Gasteiger partial charge < -0.3 is 11.2 Å². The van der Waals surface area contributed by atoms with Crippen LogP contribution in [-0.2, 0) is 0 Å². The highest BCUT2D eigenvalue weighted by molar-refractivity contribution is 5.40. The van der Waals surface area contributed by atoms with Gasteiger partial charge in [-0.05, 0) is 5.56 Å². The Morgan fingerprint density at radius 1 is 1.40 bits per heavy atom. The van der Waals surface area contributed by atoms with Crippen LogP contribution in [0.4, 0.5) is 0 Å². The first kappa shape index (κ1) is 9.56. The summed E-state index contributed by atoms with van der Waals surface area (Å²) in [7, 11) is 1.87. The van der Waals surface area contributed by atoms with Crippen molar-refractivity contribution in [1.82, 2.24) is 10.4 Å². The summed E-state index contributed by atoms with van der Waals surface area (Å²) in [5.41, 5.74) is 10.3. The number of hydrazine groups is 1. The quantitative estimate of drug-likeness (QED) is 0.706. The molecular weight excluding hydrogens is 188 g/mol. The Morgan fingerprint density at radius 3 is 2.67 bits per heavy atom. The van der Waals surface area contributed by atoms with Gasteiger partial charge in [-0.3, -0.25) is 0 Å². The van der Waals surface area contributed by atoms with E-state index in [-0.39, 0.29) is 6.04 Å². The molecule has 1 heterocycles. The molecule has 0 bridgehead atoms. The molecule has 15 heavy (non-hydrogen) atoms. The second kappa shape index (κ2) is 3.64. The first-order chi connectivity index (χ1) is 7.24. The van der Waals surface area contributed by atoms with Crippen LogP contribution >= 0.6 is 0 Å². The van der Waals surface area contributed by atoms with E-state index in [1.807, 2.05) is 42.4 Å². The van der Waals surface area contributed by atoms with Crippen molar-refractivity contribution >= 4 is 0 Å². The topological polar surface area (TPSA) is 65.1 Å². The Bertz CT molecular complexity index is 430. The number of nitrogens with zero attached hydrogens (tertiary/aromatic N) is 2. The predicted molar refractivity (Wildman–Crippen MR) is 56.9 cm³/mol. The molecule has 1 aromatic rings. The summed E-state index contributed by atoms with van der Waals surface area (Å²) in [6.45, 7) is 0. The first-order valence-electron chi connectivity index (χ1n) is 4.68. The van der Waals surface area contributed by atoms with E-state index < -0.39 is 0 Å². The molecule has 1 aromatic carbocycles. The number of nitrogens with one attached hydrogen (secondary N) is 1. The Hall–Kier alpha value is -1.99. The molecule has 3 N–H and O–H groups in total. The molecule has 1 unspecified atom stereocenters. The average Bonchev–Trinajstić information content (AvgIpc) is 2.54. The molecule has 4 nitrogen and oxygen atoms in total. The summed E-state index contributed by atoms with van der Waals surface area (Å²) in [5.74, 6) is 0.439. The van der Waals surface area contributed by atoms with Crippen molar-refractivity contribution in [2.24, 2.45) is 5.73 Å². The Kier molecular flexibility index (Phi) is 2.32. The van der Waals surface area contributed by atoms with Crippen molar-refractivity contribution in [2.45, 2.75) is 6.04 Å². The van der Waals surface area contributed by atoms with Crippen LogP contribution in [0.15, 0.2) is 41.7 Å². The largest absolute Gasteiger partial charge is 0.384 e. The highest BCUT2D eigenvalue weighted by atomic mass is 15.5. The van der Waals surface area contributed by atoms with Gasteiger partial charge in [0.25, 0.3) is 0 Å². The maximum Gasteiger partial charge on any atom is 0.127 e. The monoisotopic (exact) mass is 200 g/mol. The second-order valence-electron chi connectivity index (χ2n) is 3.48. The van der Waals surface area contributed by atoms with Crippen LogP contribution < -0.4 is 11.2 Å². The van der Waals surface area contributed by atoms with Gasteiger partial charge in [0.1, 0.15) is 11.9 Å². The lowest BCUT2D eigenvalue weighted by atomic mass is 10.0. The van der Waals surface area contributed by atoms with Gasteiger partial charge in [-0.2, -0.15) is 5.26 Å². The van der Waals surface area contributed by atoms with Crippen molar-refractivity contribution in [3.8, 4) is 6.07 Å². The smallest absolute Gasteiger partial charge is 0.127 e. The third-order valence-corrected chi connectivity index (χ3v) is 2.48. The fourth-order valence-electron chi connectivity index (χ4n) is 1.80. The Morgan fingerprint density at radius 2 is 2.07 bits per heavy atom. The molecule has 0 saturated heterocycles. The van der Waals surface area contributed by atoms with Crippen molar-refractivity contribution in [1.29, 1.82) is 5.26 Å². The molecule has 0 radical (unpaired) electrons. The van der Waals surface area contributed by atoms with Gasteiger partial charge in [0.15, 0.2) is 0 Å². The van der Waals surface area contributed by atoms with Gasteiger partial charge in [0.05, 0.1) is 11.6 Å². The van der Waals surface area contributed by atoms with Crippen molar-refractivity contribution < 1.29 is 0 Å². The summed E-state index contributed by atoms with van der Waals surface area (Å²) >= 11 is 0. The van der Waals surface area contributed by atoms with Gasteiger partial charge in [-0.1, -0.05) is 30.3 Å². The van der Waals surface area contributed by atoms with Crippen LogP contribution in [0.3, 0.4) is 0 Å². The van der Waals surface area contributed by atoms with E-state index in [2.05, 4.69) is 11.5 Å². The lowest BCUT2D eigenvalue weighted by molar-refractivity contribution is 0.246. The molecule has 0 aliphatic carbocycles. The molecule has 0 fully saturated rings. The van der Waals surface area contributed by atoms with Gasteiger partial charge in [-0.25, -0.2) is 5.01 Å². The fourth-order valence-corrected chi connectivity index (χ4v) is 1.80. The number of hydrogen-bond acceptors (Lipinski definition) is 4. The van der Waals surface area contributed by atoms with Crippen molar-refractivity contribution in [3.05, 3.63) is 47.3 Å². The van der Waals surface area contributed by atoms with Crippen LogP contribution in [0.25, 0.3) is 0 Å². The zero-order chi connectivity index (χ0) is 10.8. The number of likely N-dealkylation sites (N-methyl/N-ethyl adjacent to an activating group) is 1. The summed E-state index contributed by atoms with van der Waals surface area (Å²) in [6.07, 6.45) is 0. The van der Waals surface area contributed by atoms with Crippen LogP contribution in [0, 0.1) is 11.3 Å². The fraction of sp³-hybridized carbons (Fsp3) is 0.182. The molecule has 2 rings (SSSR count).